The number of ether oxygens (including phenoxy) is 2. The first-order valence-electron chi connectivity index (χ1n) is 10.1. The van der Waals surface area contributed by atoms with Gasteiger partial charge in [-0.25, -0.2) is 9.78 Å². The van der Waals surface area contributed by atoms with E-state index >= 15 is 0 Å². The van der Waals surface area contributed by atoms with Gasteiger partial charge in [0.1, 0.15) is 11.4 Å². The molecule has 0 spiro atoms. The fourth-order valence-electron chi connectivity index (χ4n) is 2.91. The average molecular weight is 488 g/mol. The molecular weight excluding hydrogens is 465 g/mol. The molecule has 0 atom stereocenters. The third-order valence-corrected chi connectivity index (χ3v) is 6.54. The first kappa shape index (κ1) is 24.2. The van der Waals surface area contributed by atoms with Crippen LogP contribution in [0.1, 0.15) is 23.4 Å². The molecule has 0 amide bonds. The summed E-state index contributed by atoms with van der Waals surface area (Å²) in [6.45, 7) is 0.541. The van der Waals surface area contributed by atoms with Crippen molar-refractivity contribution >= 4 is 47.0 Å². The number of benzene rings is 2. The number of nitrogens with zero attached hydrogens (tertiary/aromatic N) is 1. The maximum atomic E-state index is 11.6. The SMILES string of the molecule is COC(=O)/C=C/c1nc(CSc2c(Cl)cccc2Cl)ccc1OCCCc1ccccc1. The lowest BCUT2D eigenvalue weighted by atomic mass is 10.1. The summed E-state index contributed by atoms with van der Waals surface area (Å²) in [5.41, 5.74) is 2.65. The highest BCUT2D eigenvalue weighted by Gasteiger charge is 2.10. The summed E-state index contributed by atoms with van der Waals surface area (Å²) in [4.78, 5) is 17.0. The first-order valence-corrected chi connectivity index (χ1v) is 11.8. The molecule has 3 aromatic rings. The number of pyridine rings is 1. The van der Waals surface area contributed by atoms with Crippen molar-refractivity contribution in [2.24, 2.45) is 0 Å². The van der Waals surface area contributed by atoms with Crippen LogP contribution in [0.5, 0.6) is 5.75 Å². The second-order valence-electron chi connectivity index (χ2n) is 6.82. The molecule has 0 bridgehead atoms. The molecule has 0 unspecified atom stereocenters. The van der Waals surface area contributed by atoms with E-state index in [-0.39, 0.29) is 0 Å². The number of methoxy groups -OCH3 is 1. The average Bonchev–Trinajstić information content (AvgIpc) is 2.81. The van der Waals surface area contributed by atoms with Gasteiger partial charge in [-0.2, -0.15) is 0 Å². The summed E-state index contributed by atoms with van der Waals surface area (Å²) >= 11 is 14.0. The summed E-state index contributed by atoms with van der Waals surface area (Å²) in [7, 11) is 1.33. The number of rotatable bonds is 10. The topological polar surface area (TPSA) is 48.4 Å². The Morgan fingerprint density at radius 2 is 1.78 bits per heavy atom. The standard InChI is InChI=1S/C25H23Cl2NO3S/c1-30-24(29)15-13-22-23(31-16-6-9-18-7-3-2-4-8-18)14-12-19(28-22)17-32-25-20(26)10-5-11-21(25)27/h2-5,7-8,10-15H,6,9,16-17H2,1H3/b15-13+. The molecule has 0 aliphatic heterocycles. The maximum Gasteiger partial charge on any atom is 0.330 e. The number of aryl methyl sites for hydroxylation is 1. The number of hydrogen-bond acceptors (Lipinski definition) is 5. The number of carbonyl (C=O) groups is 1. The van der Waals surface area contributed by atoms with Gasteiger partial charge in [0.15, 0.2) is 0 Å². The molecule has 1 aromatic heterocycles. The molecule has 1 heterocycles. The predicted octanol–water partition coefficient (Wildman–Crippen LogP) is 6.88. The zero-order valence-corrected chi connectivity index (χ0v) is 19.9. The lowest BCUT2D eigenvalue weighted by Crippen LogP contribution is -2.03. The van der Waals surface area contributed by atoms with Crippen LogP contribution in [0.3, 0.4) is 0 Å². The van der Waals surface area contributed by atoms with Crippen LogP contribution in [0, 0.1) is 0 Å². The highest BCUT2D eigenvalue weighted by Crippen LogP contribution is 2.35. The molecule has 0 radical (unpaired) electrons. The Bertz CT molecular complexity index is 1050. The zero-order chi connectivity index (χ0) is 22.8. The molecule has 3 rings (SSSR count). The number of esters is 1. The van der Waals surface area contributed by atoms with E-state index in [0.717, 1.165) is 23.4 Å². The highest BCUT2D eigenvalue weighted by atomic mass is 35.5. The molecule has 4 nitrogen and oxygen atoms in total. The van der Waals surface area contributed by atoms with Crippen LogP contribution in [0.4, 0.5) is 0 Å². The molecule has 0 aliphatic carbocycles. The van der Waals surface area contributed by atoms with Gasteiger partial charge in [-0.15, -0.1) is 11.8 Å². The van der Waals surface area contributed by atoms with Gasteiger partial charge in [-0.1, -0.05) is 59.6 Å². The molecule has 0 saturated carbocycles. The Morgan fingerprint density at radius 3 is 2.50 bits per heavy atom. The normalized spacial score (nSPS) is 11.0. The highest BCUT2D eigenvalue weighted by molar-refractivity contribution is 7.98. The fraction of sp³-hybridized carbons (Fsp3) is 0.200. The Morgan fingerprint density at radius 1 is 1.03 bits per heavy atom. The van der Waals surface area contributed by atoms with Crippen molar-refractivity contribution in [3.63, 3.8) is 0 Å². The van der Waals surface area contributed by atoms with E-state index in [9.17, 15) is 4.79 Å². The van der Waals surface area contributed by atoms with Crippen LogP contribution >= 0.6 is 35.0 Å². The van der Waals surface area contributed by atoms with Crippen LogP contribution in [0.2, 0.25) is 10.0 Å². The van der Waals surface area contributed by atoms with Crippen molar-refractivity contribution in [1.82, 2.24) is 4.98 Å². The number of hydrogen-bond donors (Lipinski definition) is 0. The third kappa shape index (κ3) is 7.30. The number of aromatic nitrogens is 1. The summed E-state index contributed by atoms with van der Waals surface area (Å²) < 4.78 is 10.7. The van der Waals surface area contributed by atoms with E-state index in [1.165, 1.54) is 30.5 Å². The molecular formula is C25H23Cl2NO3S. The van der Waals surface area contributed by atoms with Crippen molar-refractivity contribution in [3.8, 4) is 5.75 Å². The minimum Gasteiger partial charge on any atom is -0.491 e. The van der Waals surface area contributed by atoms with E-state index in [4.69, 9.17) is 32.7 Å². The van der Waals surface area contributed by atoms with Gasteiger partial charge in [-0.3, -0.25) is 0 Å². The maximum absolute atomic E-state index is 11.6. The van der Waals surface area contributed by atoms with E-state index in [0.29, 0.717) is 33.8 Å². The van der Waals surface area contributed by atoms with Gasteiger partial charge in [0, 0.05) is 16.7 Å². The smallest absolute Gasteiger partial charge is 0.330 e. The molecule has 2 aromatic carbocycles. The number of carbonyl (C=O) groups excluding carboxylic acids is 1. The Labute approximate surface area is 202 Å². The van der Waals surface area contributed by atoms with E-state index in [1.807, 2.05) is 36.4 Å². The monoisotopic (exact) mass is 487 g/mol. The van der Waals surface area contributed by atoms with Gasteiger partial charge in [0.2, 0.25) is 0 Å². The van der Waals surface area contributed by atoms with Crippen LogP contribution in [-0.4, -0.2) is 24.7 Å². The second-order valence-corrected chi connectivity index (χ2v) is 8.62. The van der Waals surface area contributed by atoms with Crippen LogP contribution < -0.4 is 4.74 Å². The van der Waals surface area contributed by atoms with Gasteiger partial charge < -0.3 is 9.47 Å². The van der Waals surface area contributed by atoms with Gasteiger partial charge in [-0.05, 0) is 48.7 Å². The van der Waals surface area contributed by atoms with Crippen molar-refractivity contribution in [3.05, 3.63) is 93.7 Å². The van der Waals surface area contributed by atoms with E-state index in [2.05, 4.69) is 17.1 Å². The minimum absolute atomic E-state index is 0.454. The molecule has 0 fully saturated rings. The summed E-state index contributed by atoms with van der Waals surface area (Å²) in [5.74, 6) is 0.726. The summed E-state index contributed by atoms with van der Waals surface area (Å²) in [6, 6.07) is 19.5. The Kier molecular flexibility index (Phi) is 9.47. The van der Waals surface area contributed by atoms with Crippen LogP contribution in [0.15, 0.2) is 71.6 Å². The van der Waals surface area contributed by atoms with Crippen LogP contribution in [-0.2, 0) is 21.7 Å². The van der Waals surface area contributed by atoms with Crippen molar-refractivity contribution in [2.75, 3.05) is 13.7 Å². The van der Waals surface area contributed by atoms with Gasteiger partial charge in [0.05, 0.1) is 29.5 Å². The summed E-state index contributed by atoms with van der Waals surface area (Å²) in [5, 5.41) is 1.21. The Balaban J connectivity index is 1.68. The fourth-order valence-corrected chi connectivity index (χ4v) is 4.50. The zero-order valence-electron chi connectivity index (χ0n) is 17.6. The molecule has 0 aliphatic rings. The molecule has 0 saturated heterocycles. The van der Waals surface area contributed by atoms with Crippen molar-refractivity contribution in [2.45, 2.75) is 23.5 Å². The lowest BCUT2D eigenvalue weighted by Gasteiger charge is -2.11. The van der Waals surface area contributed by atoms with E-state index < -0.39 is 5.97 Å². The molecule has 7 heteroatoms. The quantitative estimate of drug-likeness (QED) is 0.135. The number of thioether (sulfide) groups is 1. The van der Waals surface area contributed by atoms with Crippen LogP contribution in [0.25, 0.3) is 6.08 Å². The summed E-state index contributed by atoms with van der Waals surface area (Å²) in [6.07, 6.45) is 4.73. The van der Waals surface area contributed by atoms with Crippen molar-refractivity contribution < 1.29 is 14.3 Å². The number of halogens is 2. The largest absolute Gasteiger partial charge is 0.491 e. The molecule has 32 heavy (non-hydrogen) atoms. The van der Waals surface area contributed by atoms with Gasteiger partial charge in [0.25, 0.3) is 0 Å². The lowest BCUT2D eigenvalue weighted by molar-refractivity contribution is -0.134. The van der Waals surface area contributed by atoms with E-state index in [1.54, 1.807) is 18.2 Å². The van der Waals surface area contributed by atoms with Crippen molar-refractivity contribution in [1.29, 1.82) is 0 Å². The minimum atomic E-state index is -0.454. The predicted molar refractivity (Wildman–Crippen MR) is 132 cm³/mol. The Hall–Kier alpha value is -2.47. The second kappa shape index (κ2) is 12.5. The molecule has 166 valence electrons. The molecule has 0 N–H and O–H groups in total. The van der Waals surface area contributed by atoms with Gasteiger partial charge >= 0.3 is 5.97 Å². The third-order valence-electron chi connectivity index (χ3n) is 4.52. The first-order chi connectivity index (χ1) is 15.6.